The molecule has 2 aromatic carbocycles. The third kappa shape index (κ3) is 3.31. The number of phenolic OH excluding ortho intramolecular Hbond substituents is 1. The standard InChI is InChI=1S/C17H21NO2/c1-12-8-9-16(19)14(10-12)11-18-13(2)15-6-4-5-7-17(15)20-3/h4-10,13,18-19H,11H2,1-3H3/t13-/m0/s1. The molecule has 0 radical (unpaired) electrons. The number of rotatable bonds is 5. The van der Waals surface area contributed by atoms with Crippen molar-refractivity contribution >= 4 is 0 Å². The Labute approximate surface area is 120 Å². The molecule has 0 aliphatic carbocycles. The van der Waals surface area contributed by atoms with Crippen LogP contribution in [0.5, 0.6) is 11.5 Å². The van der Waals surface area contributed by atoms with Crippen LogP contribution in [0.3, 0.4) is 0 Å². The number of aromatic hydroxyl groups is 1. The molecule has 2 aromatic rings. The van der Waals surface area contributed by atoms with Gasteiger partial charge < -0.3 is 15.2 Å². The summed E-state index contributed by atoms with van der Waals surface area (Å²) in [6.07, 6.45) is 0. The lowest BCUT2D eigenvalue weighted by atomic mass is 10.1. The number of phenols is 1. The van der Waals surface area contributed by atoms with E-state index in [0.717, 1.165) is 22.4 Å². The van der Waals surface area contributed by atoms with E-state index in [2.05, 4.69) is 12.2 Å². The van der Waals surface area contributed by atoms with Crippen LogP contribution in [-0.4, -0.2) is 12.2 Å². The van der Waals surface area contributed by atoms with Crippen molar-refractivity contribution in [1.82, 2.24) is 5.32 Å². The minimum Gasteiger partial charge on any atom is -0.508 e. The van der Waals surface area contributed by atoms with Crippen molar-refractivity contribution in [1.29, 1.82) is 0 Å². The minimum atomic E-state index is 0.145. The van der Waals surface area contributed by atoms with Gasteiger partial charge in [-0.25, -0.2) is 0 Å². The van der Waals surface area contributed by atoms with E-state index in [1.54, 1.807) is 13.2 Å². The first kappa shape index (κ1) is 14.4. The molecule has 0 saturated heterocycles. The molecular weight excluding hydrogens is 250 g/mol. The fraction of sp³-hybridized carbons (Fsp3) is 0.294. The molecule has 0 fully saturated rings. The molecule has 0 spiro atoms. The SMILES string of the molecule is COc1ccccc1[C@H](C)NCc1cc(C)ccc1O. The molecule has 20 heavy (non-hydrogen) atoms. The molecule has 0 heterocycles. The van der Waals surface area contributed by atoms with E-state index < -0.39 is 0 Å². The number of nitrogens with one attached hydrogen (secondary N) is 1. The summed E-state index contributed by atoms with van der Waals surface area (Å²) in [6.45, 7) is 4.73. The lowest BCUT2D eigenvalue weighted by Gasteiger charge is -2.17. The fourth-order valence-electron chi connectivity index (χ4n) is 2.25. The van der Waals surface area contributed by atoms with Crippen LogP contribution in [0, 0.1) is 6.92 Å². The van der Waals surface area contributed by atoms with Gasteiger partial charge in [0.2, 0.25) is 0 Å². The first-order chi connectivity index (χ1) is 9.61. The quantitative estimate of drug-likeness (QED) is 0.873. The van der Waals surface area contributed by atoms with Crippen LogP contribution in [-0.2, 0) is 6.54 Å². The number of ether oxygens (including phenoxy) is 1. The summed E-state index contributed by atoms with van der Waals surface area (Å²) in [5.74, 6) is 1.20. The maximum atomic E-state index is 9.85. The third-order valence-electron chi connectivity index (χ3n) is 3.44. The second-order valence-corrected chi connectivity index (χ2v) is 4.98. The molecule has 3 heteroatoms. The zero-order valence-electron chi connectivity index (χ0n) is 12.2. The normalized spacial score (nSPS) is 12.2. The number of benzene rings is 2. The number of para-hydroxylation sites is 1. The summed E-state index contributed by atoms with van der Waals surface area (Å²) in [7, 11) is 1.68. The molecule has 3 nitrogen and oxygen atoms in total. The Morgan fingerprint density at radius 2 is 1.95 bits per heavy atom. The highest BCUT2D eigenvalue weighted by Gasteiger charge is 2.11. The van der Waals surface area contributed by atoms with E-state index in [9.17, 15) is 5.11 Å². The van der Waals surface area contributed by atoms with Crippen LogP contribution in [0.25, 0.3) is 0 Å². The maximum absolute atomic E-state index is 9.85. The second kappa shape index (κ2) is 6.44. The Hall–Kier alpha value is -2.00. The molecule has 0 saturated carbocycles. The van der Waals surface area contributed by atoms with Gasteiger partial charge in [-0.15, -0.1) is 0 Å². The van der Waals surface area contributed by atoms with Gasteiger partial charge in [0.1, 0.15) is 11.5 Å². The van der Waals surface area contributed by atoms with Crippen molar-refractivity contribution in [2.75, 3.05) is 7.11 Å². The Morgan fingerprint density at radius 3 is 2.70 bits per heavy atom. The number of hydrogen-bond donors (Lipinski definition) is 2. The van der Waals surface area contributed by atoms with Gasteiger partial charge in [-0.1, -0.05) is 35.9 Å². The summed E-state index contributed by atoms with van der Waals surface area (Å²) < 4.78 is 5.37. The van der Waals surface area contributed by atoms with Gasteiger partial charge in [0, 0.05) is 23.7 Å². The molecular formula is C17H21NO2. The zero-order chi connectivity index (χ0) is 14.5. The van der Waals surface area contributed by atoms with Crippen LogP contribution in [0.1, 0.15) is 29.7 Å². The summed E-state index contributed by atoms with van der Waals surface area (Å²) in [6, 6.07) is 13.7. The predicted molar refractivity (Wildman–Crippen MR) is 81.1 cm³/mol. The van der Waals surface area contributed by atoms with E-state index in [1.807, 2.05) is 43.3 Å². The zero-order valence-corrected chi connectivity index (χ0v) is 12.2. The van der Waals surface area contributed by atoms with Crippen molar-refractivity contribution in [2.45, 2.75) is 26.4 Å². The third-order valence-corrected chi connectivity index (χ3v) is 3.44. The largest absolute Gasteiger partial charge is 0.508 e. The lowest BCUT2D eigenvalue weighted by Crippen LogP contribution is -2.18. The van der Waals surface area contributed by atoms with Gasteiger partial charge in [0.05, 0.1) is 7.11 Å². The Morgan fingerprint density at radius 1 is 1.20 bits per heavy atom. The van der Waals surface area contributed by atoms with E-state index in [-0.39, 0.29) is 6.04 Å². The van der Waals surface area contributed by atoms with Crippen molar-refractivity contribution in [3.8, 4) is 11.5 Å². The van der Waals surface area contributed by atoms with Crippen LogP contribution in [0.15, 0.2) is 42.5 Å². The summed E-state index contributed by atoms with van der Waals surface area (Å²) in [5, 5.41) is 13.3. The van der Waals surface area contributed by atoms with E-state index >= 15 is 0 Å². The van der Waals surface area contributed by atoms with Gasteiger partial charge >= 0.3 is 0 Å². The van der Waals surface area contributed by atoms with Crippen LogP contribution in [0.2, 0.25) is 0 Å². The van der Waals surface area contributed by atoms with Crippen molar-refractivity contribution in [3.63, 3.8) is 0 Å². The second-order valence-electron chi connectivity index (χ2n) is 4.98. The monoisotopic (exact) mass is 271 g/mol. The molecule has 0 amide bonds. The smallest absolute Gasteiger partial charge is 0.123 e. The van der Waals surface area contributed by atoms with Gasteiger partial charge in [-0.05, 0) is 26.0 Å². The molecule has 0 aliphatic rings. The lowest BCUT2D eigenvalue weighted by molar-refractivity contribution is 0.401. The van der Waals surface area contributed by atoms with E-state index in [1.165, 1.54) is 0 Å². The molecule has 2 N–H and O–H groups in total. The highest BCUT2D eigenvalue weighted by atomic mass is 16.5. The van der Waals surface area contributed by atoms with Gasteiger partial charge in [-0.3, -0.25) is 0 Å². The molecule has 0 aliphatic heterocycles. The maximum Gasteiger partial charge on any atom is 0.123 e. The van der Waals surface area contributed by atoms with E-state index in [0.29, 0.717) is 12.3 Å². The fourth-order valence-corrected chi connectivity index (χ4v) is 2.25. The summed E-state index contributed by atoms with van der Waals surface area (Å²) >= 11 is 0. The average Bonchev–Trinajstić information content (AvgIpc) is 2.47. The van der Waals surface area contributed by atoms with Gasteiger partial charge in [0.15, 0.2) is 0 Å². The number of methoxy groups -OCH3 is 1. The first-order valence-electron chi connectivity index (χ1n) is 6.76. The van der Waals surface area contributed by atoms with E-state index in [4.69, 9.17) is 4.74 Å². The first-order valence-corrected chi connectivity index (χ1v) is 6.76. The van der Waals surface area contributed by atoms with Crippen LogP contribution in [0.4, 0.5) is 0 Å². The predicted octanol–water partition coefficient (Wildman–Crippen LogP) is 3.56. The van der Waals surface area contributed by atoms with Crippen molar-refractivity contribution in [2.24, 2.45) is 0 Å². The number of hydrogen-bond acceptors (Lipinski definition) is 3. The number of aryl methyl sites for hydroxylation is 1. The molecule has 2 rings (SSSR count). The van der Waals surface area contributed by atoms with Gasteiger partial charge in [-0.2, -0.15) is 0 Å². The summed E-state index contributed by atoms with van der Waals surface area (Å²) in [5.41, 5.74) is 3.17. The van der Waals surface area contributed by atoms with Gasteiger partial charge in [0.25, 0.3) is 0 Å². The molecule has 1 atom stereocenters. The van der Waals surface area contributed by atoms with Crippen molar-refractivity contribution < 1.29 is 9.84 Å². The van der Waals surface area contributed by atoms with Crippen LogP contribution >= 0.6 is 0 Å². The highest BCUT2D eigenvalue weighted by molar-refractivity contribution is 5.37. The molecule has 0 aromatic heterocycles. The molecule has 0 unspecified atom stereocenters. The Balaban J connectivity index is 2.08. The van der Waals surface area contributed by atoms with Crippen LogP contribution < -0.4 is 10.1 Å². The Kier molecular flexibility index (Phi) is 4.64. The average molecular weight is 271 g/mol. The highest BCUT2D eigenvalue weighted by Crippen LogP contribution is 2.25. The topological polar surface area (TPSA) is 41.5 Å². The minimum absolute atomic E-state index is 0.145. The molecule has 106 valence electrons. The van der Waals surface area contributed by atoms with Crippen molar-refractivity contribution in [3.05, 3.63) is 59.2 Å². The Bertz CT molecular complexity index is 581. The molecule has 0 bridgehead atoms. The summed E-state index contributed by atoms with van der Waals surface area (Å²) in [4.78, 5) is 0.